The van der Waals surface area contributed by atoms with Gasteiger partial charge in [0, 0.05) is 23.1 Å². The van der Waals surface area contributed by atoms with Gasteiger partial charge in [-0.2, -0.15) is 0 Å². The number of aromatic nitrogens is 1. The van der Waals surface area contributed by atoms with Gasteiger partial charge in [-0.3, -0.25) is 0 Å². The number of nitrogens with one attached hydrogen (secondary N) is 2. The molecule has 0 saturated heterocycles. The van der Waals surface area contributed by atoms with E-state index in [0.717, 1.165) is 19.5 Å². The Hall–Kier alpha value is -1.28. The molecule has 0 aliphatic carbocycles. The van der Waals surface area contributed by atoms with Crippen LogP contribution in [0.2, 0.25) is 0 Å². The zero-order chi connectivity index (χ0) is 12.0. The van der Waals surface area contributed by atoms with Gasteiger partial charge in [0.2, 0.25) is 0 Å². The third kappa shape index (κ3) is 1.77. The Morgan fingerprint density at radius 2 is 2.00 bits per heavy atom. The van der Waals surface area contributed by atoms with Gasteiger partial charge in [0.15, 0.2) is 0 Å². The molecule has 17 heavy (non-hydrogen) atoms. The van der Waals surface area contributed by atoms with Gasteiger partial charge in [-0.15, -0.1) is 0 Å². The van der Waals surface area contributed by atoms with Crippen LogP contribution >= 0.6 is 0 Å². The van der Waals surface area contributed by atoms with Crippen molar-refractivity contribution >= 4 is 10.9 Å². The number of aromatic amines is 1. The first-order valence-corrected chi connectivity index (χ1v) is 6.40. The van der Waals surface area contributed by atoms with E-state index in [2.05, 4.69) is 49.3 Å². The van der Waals surface area contributed by atoms with Gasteiger partial charge >= 0.3 is 0 Å². The van der Waals surface area contributed by atoms with Crippen LogP contribution in [0.4, 0.5) is 0 Å². The summed E-state index contributed by atoms with van der Waals surface area (Å²) in [7, 11) is 0. The lowest BCUT2D eigenvalue weighted by atomic mass is 9.86. The second-order valence-electron chi connectivity index (χ2n) is 6.02. The summed E-state index contributed by atoms with van der Waals surface area (Å²) in [6.07, 6.45) is 1.14. The van der Waals surface area contributed by atoms with Crippen LogP contribution in [0, 0.1) is 0 Å². The van der Waals surface area contributed by atoms with Crippen molar-refractivity contribution in [2.24, 2.45) is 0 Å². The Labute approximate surface area is 102 Å². The third-order valence-corrected chi connectivity index (χ3v) is 3.71. The molecule has 0 fully saturated rings. The summed E-state index contributed by atoms with van der Waals surface area (Å²) < 4.78 is 0. The van der Waals surface area contributed by atoms with Gasteiger partial charge < -0.3 is 10.3 Å². The monoisotopic (exact) mass is 228 g/mol. The van der Waals surface area contributed by atoms with Gasteiger partial charge in [0.1, 0.15) is 0 Å². The van der Waals surface area contributed by atoms with E-state index >= 15 is 0 Å². The normalized spacial score (nSPS) is 16.2. The van der Waals surface area contributed by atoms with E-state index in [9.17, 15) is 0 Å². The van der Waals surface area contributed by atoms with Gasteiger partial charge in [-0.25, -0.2) is 0 Å². The highest BCUT2D eigenvalue weighted by atomic mass is 14.9. The molecule has 0 atom stereocenters. The summed E-state index contributed by atoms with van der Waals surface area (Å²) in [4.78, 5) is 3.53. The SMILES string of the molecule is CC(C)(C)c1ccc2[nH]c3c(c2c1)CCNC3. The predicted octanol–water partition coefficient (Wildman–Crippen LogP) is 3.11. The Kier molecular flexibility index (Phi) is 2.30. The Morgan fingerprint density at radius 1 is 1.18 bits per heavy atom. The number of hydrogen-bond donors (Lipinski definition) is 2. The fraction of sp³-hybridized carbons (Fsp3) is 0.467. The molecule has 2 nitrogen and oxygen atoms in total. The molecule has 0 bridgehead atoms. The minimum Gasteiger partial charge on any atom is -0.357 e. The van der Waals surface area contributed by atoms with Crippen LogP contribution in [0.1, 0.15) is 37.6 Å². The van der Waals surface area contributed by atoms with Crippen LogP contribution in [-0.4, -0.2) is 11.5 Å². The molecule has 3 rings (SSSR count). The number of hydrogen-bond acceptors (Lipinski definition) is 1. The van der Waals surface area contributed by atoms with Gasteiger partial charge in [0.25, 0.3) is 0 Å². The van der Waals surface area contributed by atoms with Crippen LogP contribution in [0.25, 0.3) is 10.9 Å². The molecule has 1 aromatic heterocycles. The average Bonchev–Trinajstić information content (AvgIpc) is 2.65. The van der Waals surface area contributed by atoms with E-state index in [-0.39, 0.29) is 5.41 Å². The van der Waals surface area contributed by atoms with Crippen molar-refractivity contribution in [3.63, 3.8) is 0 Å². The molecule has 2 heterocycles. The Balaban J connectivity index is 2.21. The van der Waals surface area contributed by atoms with Crippen LogP contribution in [-0.2, 0) is 18.4 Å². The second kappa shape index (κ2) is 3.61. The highest BCUT2D eigenvalue weighted by Crippen LogP contribution is 2.30. The molecule has 2 heteroatoms. The van der Waals surface area contributed by atoms with Crippen molar-refractivity contribution in [2.75, 3.05) is 6.54 Å². The first-order chi connectivity index (χ1) is 8.05. The summed E-state index contributed by atoms with van der Waals surface area (Å²) in [5, 5.41) is 4.84. The van der Waals surface area contributed by atoms with Crippen molar-refractivity contribution in [3.8, 4) is 0 Å². The van der Waals surface area contributed by atoms with Crippen LogP contribution in [0.15, 0.2) is 18.2 Å². The number of rotatable bonds is 0. The van der Waals surface area contributed by atoms with E-state index < -0.39 is 0 Å². The highest BCUT2D eigenvalue weighted by Gasteiger charge is 2.18. The average molecular weight is 228 g/mol. The maximum absolute atomic E-state index is 3.53. The first-order valence-electron chi connectivity index (χ1n) is 6.40. The molecule has 0 amide bonds. The summed E-state index contributed by atoms with van der Waals surface area (Å²) in [6, 6.07) is 6.85. The van der Waals surface area contributed by atoms with Gasteiger partial charge in [-0.1, -0.05) is 26.8 Å². The van der Waals surface area contributed by atoms with Crippen LogP contribution in [0.3, 0.4) is 0 Å². The molecule has 1 aromatic carbocycles. The molecule has 0 unspecified atom stereocenters. The minimum absolute atomic E-state index is 0.227. The van der Waals surface area contributed by atoms with E-state index in [1.165, 1.54) is 27.7 Å². The summed E-state index contributed by atoms with van der Waals surface area (Å²) in [5.74, 6) is 0. The number of benzene rings is 1. The molecule has 90 valence electrons. The molecular formula is C15H20N2. The maximum Gasteiger partial charge on any atom is 0.0459 e. The zero-order valence-electron chi connectivity index (χ0n) is 10.9. The lowest BCUT2D eigenvalue weighted by Crippen LogP contribution is -2.23. The van der Waals surface area contributed by atoms with Gasteiger partial charge in [0.05, 0.1) is 0 Å². The lowest BCUT2D eigenvalue weighted by molar-refractivity contribution is 0.591. The zero-order valence-corrected chi connectivity index (χ0v) is 10.9. The standard InChI is InChI=1S/C15H20N2/c1-15(2,3)10-4-5-13-12(8-10)11-6-7-16-9-14(11)17-13/h4-5,8,16-17H,6-7,9H2,1-3H3. The lowest BCUT2D eigenvalue weighted by Gasteiger charge is -2.19. The molecule has 2 N–H and O–H groups in total. The fourth-order valence-electron chi connectivity index (χ4n) is 2.63. The number of H-pyrrole nitrogens is 1. The van der Waals surface area contributed by atoms with E-state index in [0.29, 0.717) is 0 Å². The summed E-state index contributed by atoms with van der Waals surface area (Å²) >= 11 is 0. The number of fused-ring (bicyclic) bond motifs is 3. The third-order valence-electron chi connectivity index (χ3n) is 3.71. The Morgan fingerprint density at radius 3 is 2.76 bits per heavy atom. The molecule has 0 radical (unpaired) electrons. The largest absolute Gasteiger partial charge is 0.357 e. The fourth-order valence-corrected chi connectivity index (χ4v) is 2.63. The molecule has 0 spiro atoms. The summed E-state index contributed by atoms with van der Waals surface area (Å²) in [5.41, 5.74) is 5.82. The summed E-state index contributed by atoms with van der Waals surface area (Å²) in [6.45, 7) is 8.90. The molecule has 2 aromatic rings. The molecule has 1 aliphatic rings. The second-order valence-corrected chi connectivity index (χ2v) is 6.02. The smallest absolute Gasteiger partial charge is 0.0459 e. The van der Waals surface area contributed by atoms with E-state index in [4.69, 9.17) is 0 Å². The molecule has 1 aliphatic heterocycles. The van der Waals surface area contributed by atoms with Crippen molar-refractivity contribution in [2.45, 2.75) is 39.2 Å². The molecule has 0 saturated carbocycles. The highest BCUT2D eigenvalue weighted by molar-refractivity contribution is 5.85. The van der Waals surface area contributed by atoms with Crippen molar-refractivity contribution in [1.29, 1.82) is 0 Å². The van der Waals surface area contributed by atoms with Crippen LogP contribution in [0.5, 0.6) is 0 Å². The predicted molar refractivity (Wildman–Crippen MR) is 72.4 cm³/mol. The van der Waals surface area contributed by atoms with Crippen molar-refractivity contribution in [3.05, 3.63) is 35.0 Å². The van der Waals surface area contributed by atoms with Crippen molar-refractivity contribution < 1.29 is 0 Å². The topological polar surface area (TPSA) is 27.8 Å². The maximum atomic E-state index is 3.53. The first kappa shape index (κ1) is 10.8. The van der Waals surface area contributed by atoms with Crippen molar-refractivity contribution in [1.82, 2.24) is 10.3 Å². The van der Waals surface area contributed by atoms with E-state index in [1.807, 2.05) is 0 Å². The van der Waals surface area contributed by atoms with Crippen LogP contribution < -0.4 is 5.32 Å². The molecular weight excluding hydrogens is 208 g/mol. The Bertz CT molecular complexity index is 558. The quantitative estimate of drug-likeness (QED) is 0.712. The minimum atomic E-state index is 0.227. The van der Waals surface area contributed by atoms with E-state index in [1.54, 1.807) is 0 Å². The van der Waals surface area contributed by atoms with Gasteiger partial charge in [-0.05, 0) is 41.6 Å².